The van der Waals surface area contributed by atoms with E-state index in [1.807, 2.05) is 11.8 Å². The van der Waals surface area contributed by atoms with E-state index in [9.17, 15) is 9.59 Å². The molecule has 1 atom stereocenters. The van der Waals surface area contributed by atoms with Gasteiger partial charge in [-0.05, 0) is 26.2 Å². The lowest BCUT2D eigenvalue weighted by atomic mass is 10.1. The van der Waals surface area contributed by atoms with Crippen molar-refractivity contribution in [2.24, 2.45) is 0 Å². The highest BCUT2D eigenvalue weighted by Gasteiger charge is 2.29. The molecule has 0 aliphatic carbocycles. The zero-order valence-corrected chi connectivity index (χ0v) is 15.3. The quantitative estimate of drug-likeness (QED) is 0.878. The molecule has 2 amide bonds. The molecule has 0 aromatic carbocycles. The van der Waals surface area contributed by atoms with Gasteiger partial charge < -0.3 is 14.7 Å². The summed E-state index contributed by atoms with van der Waals surface area (Å²) in [5, 5.41) is 6.75. The Balaban J connectivity index is 1.70. The van der Waals surface area contributed by atoms with Crippen molar-refractivity contribution in [1.29, 1.82) is 0 Å². The average Bonchev–Trinajstić information content (AvgIpc) is 3.26. The molecule has 8 nitrogen and oxygen atoms in total. The number of amides is 2. The van der Waals surface area contributed by atoms with Crippen molar-refractivity contribution in [3.63, 3.8) is 0 Å². The number of rotatable bonds is 5. The number of aromatic nitrogens is 3. The first-order valence-electron chi connectivity index (χ1n) is 8.82. The van der Waals surface area contributed by atoms with Crippen molar-refractivity contribution in [1.82, 2.24) is 25.3 Å². The fourth-order valence-corrected chi connectivity index (χ4v) is 3.33. The summed E-state index contributed by atoms with van der Waals surface area (Å²) >= 11 is 0. The molecule has 0 radical (unpaired) electrons. The number of aryl methyl sites for hydroxylation is 2. The third-order valence-electron chi connectivity index (χ3n) is 4.63. The monoisotopic (exact) mass is 357 g/mol. The maximum absolute atomic E-state index is 12.4. The molecule has 2 aromatic rings. The first-order valence-corrected chi connectivity index (χ1v) is 8.82. The van der Waals surface area contributed by atoms with Crippen molar-refractivity contribution < 1.29 is 14.1 Å². The Morgan fingerprint density at radius 1 is 1.38 bits per heavy atom. The van der Waals surface area contributed by atoms with Gasteiger partial charge in [0.2, 0.25) is 5.91 Å². The summed E-state index contributed by atoms with van der Waals surface area (Å²) in [6, 6.07) is -0.0392. The Labute approximate surface area is 152 Å². The maximum Gasteiger partial charge on any atom is 0.257 e. The summed E-state index contributed by atoms with van der Waals surface area (Å²) in [6.45, 7) is 6.21. The van der Waals surface area contributed by atoms with Crippen molar-refractivity contribution in [3.8, 4) is 0 Å². The van der Waals surface area contributed by atoms with Crippen molar-refractivity contribution in [2.45, 2.75) is 52.6 Å². The van der Waals surface area contributed by atoms with Crippen LogP contribution in [0.4, 0.5) is 0 Å². The molecule has 0 spiro atoms. The standard InChI is InChI=1S/C18H23N5O3/c1-4-14-17(11(2)26-22-14)18(25)20-9-13-8-19-10-15(21-13)16-6-5-7-23(16)12(3)24/h8,10,16H,4-7,9H2,1-3H3,(H,20,25). The van der Waals surface area contributed by atoms with E-state index in [4.69, 9.17) is 4.52 Å². The van der Waals surface area contributed by atoms with Gasteiger partial charge in [0.05, 0.1) is 42.1 Å². The highest BCUT2D eigenvalue weighted by atomic mass is 16.5. The highest BCUT2D eigenvalue weighted by molar-refractivity contribution is 5.96. The fourth-order valence-electron chi connectivity index (χ4n) is 3.33. The molecule has 0 saturated carbocycles. The lowest BCUT2D eigenvalue weighted by Crippen LogP contribution is -2.29. The second-order valence-corrected chi connectivity index (χ2v) is 6.40. The number of hydrogen-bond donors (Lipinski definition) is 1. The molecule has 1 unspecified atom stereocenters. The van der Waals surface area contributed by atoms with Gasteiger partial charge in [-0.25, -0.2) is 0 Å². The van der Waals surface area contributed by atoms with Crippen molar-refractivity contribution >= 4 is 11.8 Å². The van der Waals surface area contributed by atoms with Gasteiger partial charge in [-0.1, -0.05) is 12.1 Å². The molecule has 1 saturated heterocycles. The number of nitrogens with one attached hydrogen (secondary N) is 1. The minimum Gasteiger partial charge on any atom is -0.361 e. The van der Waals surface area contributed by atoms with E-state index in [0.717, 1.165) is 25.1 Å². The van der Waals surface area contributed by atoms with Gasteiger partial charge in [-0.2, -0.15) is 0 Å². The van der Waals surface area contributed by atoms with Crippen LogP contribution >= 0.6 is 0 Å². The van der Waals surface area contributed by atoms with Crippen LogP contribution in [0.2, 0.25) is 0 Å². The minimum absolute atomic E-state index is 0.0392. The van der Waals surface area contributed by atoms with Crippen LogP contribution < -0.4 is 5.32 Å². The molecule has 3 rings (SSSR count). The van der Waals surface area contributed by atoms with Crippen molar-refractivity contribution in [2.75, 3.05) is 6.54 Å². The predicted molar refractivity (Wildman–Crippen MR) is 93.2 cm³/mol. The molecule has 1 aliphatic heterocycles. The molecule has 3 heterocycles. The van der Waals surface area contributed by atoms with Gasteiger partial charge in [0.25, 0.3) is 5.91 Å². The predicted octanol–water partition coefficient (Wildman–Crippen LogP) is 1.95. The summed E-state index contributed by atoms with van der Waals surface area (Å²) in [4.78, 5) is 34.9. The van der Waals surface area contributed by atoms with Gasteiger partial charge in [0.15, 0.2) is 0 Å². The second-order valence-electron chi connectivity index (χ2n) is 6.40. The number of carbonyl (C=O) groups excluding carboxylic acids is 2. The van der Waals surface area contributed by atoms with Crippen LogP contribution in [0, 0.1) is 6.92 Å². The summed E-state index contributed by atoms with van der Waals surface area (Å²) in [5.74, 6) is 0.310. The third kappa shape index (κ3) is 3.58. The Morgan fingerprint density at radius 3 is 2.92 bits per heavy atom. The molecule has 1 aliphatic rings. The van der Waals surface area contributed by atoms with E-state index in [1.54, 1.807) is 26.2 Å². The second kappa shape index (κ2) is 7.63. The van der Waals surface area contributed by atoms with E-state index >= 15 is 0 Å². The van der Waals surface area contributed by atoms with Crippen LogP contribution in [-0.4, -0.2) is 38.4 Å². The molecule has 1 N–H and O–H groups in total. The van der Waals surface area contributed by atoms with Gasteiger partial charge in [0.1, 0.15) is 11.3 Å². The molecular formula is C18H23N5O3. The lowest BCUT2D eigenvalue weighted by molar-refractivity contribution is -0.129. The van der Waals surface area contributed by atoms with Crippen LogP contribution in [0.5, 0.6) is 0 Å². The fraction of sp³-hybridized carbons (Fsp3) is 0.500. The Morgan fingerprint density at radius 2 is 2.19 bits per heavy atom. The van der Waals surface area contributed by atoms with E-state index in [1.165, 1.54) is 0 Å². The molecule has 0 bridgehead atoms. The van der Waals surface area contributed by atoms with Gasteiger partial charge in [-0.15, -0.1) is 0 Å². The maximum atomic E-state index is 12.4. The number of nitrogens with zero attached hydrogens (tertiary/aromatic N) is 4. The Hall–Kier alpha value is -2.77. The molecule has 138 valence electrons. The summed E-state index contributed by atoms with van der Waals surface area (Å²) in [6.07, 6.45) is 5.77. The van der Waals surface area contributed by atoms with Gasteiger partial charge >= 0.3 is 0 Å². The first-order chi connectivity index (χ1) is 12.5. The molecule has 8 heteroatoms. The van der Waals surface area contributed by atoms with Crippen LogP contribution in [0.3, 0.4) is 0 Å². The number of likely N-dealkylation sites (tertiary alicyclic amines) is 1. The lowest BCUT2D eigenvalue weighted by Gasteiger charge is -2.22. The molecular weight excluding hydrogens is 334 g/mol. The van der Waals surface area contributed by atoms with E-state index in [0.29, 0.717) is 29.1 Å². The summed E-state index contributed by atoms with van der Waals surface area (Å²) < 4.78 is 5.10. The summed E-state index contributed by atoms with van der Waals surface area (Å²) in [7, 11) is 0. The average molecular weight is 357 g/mol. The normalized spacial score (nSPS) is 16.7. The largest absolute Gasteiger partial charge is 0.361 e. The van der Waals surface area contributed by atoms with E-state index in [2.05, 4.69) is 20.4 Å². The van der Waals surface area contributed by atoms with Crippen LogP contribution in [0.1, 0.15) is 65.9 Å². The smallest absolute Gasteiger partial charge is 0.257 e. The van der Waals surface area contributed by atoms with Crippen molar-refractivity contribution in [3.05, 3.63) is 40.8 Å². The highest BCUT2D eigenvalue weighted by Crippen LogP contribution is 2.30. The Bertz CT molecular complexity index is 817. The SMILES string of the molecule is CCc1noc(C)c1C(=O)NCc1cncc(C2CCCN2C(C)=O)n1. The first kappa shape index (κ1) is 18.0. The molecule has 1 fully saturated rings. The zero-order chi connectivity index (χ0) is 18.7. The Kier molecular flexibility index (Phi) is 5.29. The zero-order valence-electron chi connectivity index (χ0n) is 15.3. The molecule has 26 heavy (non-hydrogen) atoms. The van der Waals surface area contributed by atoms with Gasteiger partial charge in [0, 0.05) is 13.5 Å². The number of hydrogen-bond acceptors (Lipinski definition) is 6. The topological polar surface area (TPSA) is 101 Å². The van der Waals surface area contributed by atoms with E-state index in [-0.39, 0.29) is 24.4 Å². The van der Waals surface area contributed by atoms with Crippen LogP contribution in [-0.2, 0) is 17.8 Å². The molecule has 2 aromatic heterocycles. The number of carbonyl (C=O) groups is 2. The minimum atomic E-state index is -0.237. The van der Waals surface area contributed by atoms with E-state index < -0.39 is 0 Å². The van der Waals surface area contributed by atoms with Gasteiger partial charge in [-0.3, -0.25) is 19.6 Å². The third-order valence-corrected chi connectivity index (χ3v) is 4.63. The van der Waals surface area contributed by atoms with Crippen LogP contribution in [0.15, 0.2) is 16.9 Å². The van der Waals surface area contributed by atoms with Crippen LogP contribution in [0.25, 0.3) is 0 Å². The summed E-state index contributed by atoms with van der Waals surface area (Å²) in [5.41, 5.74) is 2.54.